The molecule has 1 aliphatic rings. The molecule has 1 fully saturated rings. The molecule has 8 heteroatoms. The molecule has 1 aliphatic heterocycles. The van der Waals surface area contributed by atoms with Crippen LogP contribution < -0.4 is 22.1 Å². The van der Waals surface area contributed by atoms with Crippen LogP contribution in [0.25, 0.3) is 5.70 Å². The number of nitrogens with two attached hydrogens (primary N) is 2. The van der Waals surface area contributed by atoms with Gasteiger partial charge in [-0.05, 0) is 55.8 Å². The Morgan fingerprint density at radius 2 is 1.94 bits per heavy atom. The summed E-state index contributed by atoms with van der Waals surface area (Å²) in [6.07, 6.45) is 3.30. The number of hydrogen-bond acceptors (Lipinski definition) is 4. The highest BCUT2D eigenvalue weighted by molar-refractivity contribution is 6.32. The van der Waals surface area contributed by atoms with Gasteiger partial charge in [-0.2, -0.15) is 0 Å². The minimum atomic E-state index is -0.321. The Labute approximate surface area is 199 Å². The van der Waals surface area contributed by atoms with E-state index in [2.05, 4.69) is 28.8 Å². The molecule has 0 radical (unpaired) electrons. The van der Waals surface area contributed by atoms with Gasteiger partial charge in [0.1, 0.15) is 11.6 Å². The van der Waals surface area contributed by atoms with Crippen molar-refractivity contribution in [2.75, 3.05) is 13.1 Å². The van der Waals surface area contributed by atoms with Crippen molar-refractivity contribution in [1.29, 1.82) is 0 Å². The van der Waals surface area contributed by atoms with Crippen molar-refractivity contribution < 1.29 is 4.39 Å². The standard InChI is InChI=1S/C25H30ClFN6/c1-3-23(28)24(32-25(29)31-16-18-7-6-8-19(27)15-18)33(20-11-13-30-14-12-20)17(2)21-9-4-5-10-22(21)26/h3-10,15,20,30H,1-2,11-14,16,28H2,(H3,29,31,32)/b24-23-. The predicted octanol–water partition coefficient (Wildman–Crippen LogP) is 3.92. The van der Waals surface area contributed by atoms with Gasteiger partial charge in [-0.3, -0.25) is 0 Å². The minimum Gasteiger partial charge on any atom is -0.396 e. The highest BCUT2D eigenvalue weighted by Gasteiger charge is 2.28. The van der Waals surface area contributed by atoms with Crippen LogP contribution >= 0.6 is 11.6 Å². The monoisotopic (exact) mass is 468 g/mol. The number of hydrogen-bond donors (Lipinski definition) is 4. The van der Waals surface area contributed by atoms with E-state index in [0.29, 0.717) is 27.8 Å². The molecule has 0 unspecified atom stereocenters. The smallest absolute Gasteiger partial charge is 0.194 e. The van der Waals surface area contributed by atoms with Crippen molar-refractivity contribution in [3.63, 3.8) is 0 Å². The second-order valence-corrected chi connectivity index (χ2v) is 8.15. The second kappa shape index (κ2) is 11.5. The Balaban J connectivity index is 1.94. The van der Waals surface area contributed by atoms with Crippen LogP contribution in [0.15, 0.2) is 84.3 Å². The summed E-state index contributed by atoms with van der Waals surface area (Å²) in [5.41, 5.74) is 15.2. The summed E-state index contributed by atoms with van der Waals surface area (Å²) < 4.78 is 13.5. The fourth-order valence-corrected chi connectivity index (χ4v) is 4.01. The van der Waals surface area contributed by atoms with Gasteiger partial charge in [-0.15, -0.1) is 0 Å². The van der Waals surface area contributed by atoms with E-state index in [0.717, 1.165) is 31.5 Å². The number of halogens is 2. The number of guanidine groups is 1. The molecular weight excluding hydrogens is 439 g/mol. The van der Waals surface area contributed by atoms with Crippen LogP contribution in [-0.2, 0) is 6.54 Å². The summed E-state index contributed by atoms with van der Waals surface area (Å²) in [6, 6.07) is 13.9. The third-order valence-electron chi connectivity index (χ3n) is 5.45. The first-order chi connectivity index (χ1) is 15.9. The van der Waals surface area contributed by atoms with Crippen LogP contribution in [0, 0.1) is 5.82 Å². The van der Waals surface area contributed by atoms with E-state index in [1.807, 2.05) is 29.2 Å². The number of rotatable bonds is 8. The molecule has 6 N–H and O–H groups in total. The molecule has 0 amide bonds. The fourth-order valence-electron chi connectivity index (χ4n) is 3.77. The molecule has 0 saturated carbocycles. The van der Waals surface area contributed by atoms with E-state index in [9.17, 15) is 4.39 Å². The summed E-state index contributed by atoms with van der Waals surface area (Å²) >= 11 is 6.49. The molecule has 0 aliphatic carbocycles. The van der Waals surface area contributed by atoms with Gasteiger partial charge in [0.2, 0.25) is 0 Å². The Kier molecular flexibility index (Phi) is 8.52. The summed E-state index contributed by atoms with van der Waals surface area (Å²) in [7, 11) is 0. The minimum absolute atomic E-state index is 0.104. The third-order valence-corrected chi connectivity index (χ3v) is 5.78. The van der Waals surface area contributed by atoms with Crippen LogP contribution in [0.5, 0.6) is 0 Å². The molecule has 0 spiro atoms. The molecule has 0 aromatic heterocycles. The Bertz CT molecular complexity index is 1060. The first-order valence-electron chi connectivity index (χ1n) is 10.8. The fraction of sp³-hybridized carbons (Fsp3) is 0.240. The van der Waals surface area contributed by atoms with Crippen molar-refractivity contribution in [3.8, 4) is 0 Å². The zero-order valence-corrected chi connectivity index (χ0v) is 19.3. The third kappa shape index (κ3) is 6.37. The first-order valence-corrected chi connectivity index (χ1v) is 11.2. The van der Waals surface area contributed by atoms with Crippen LogP contribution in [-0.4, -0.2) is 30.0 Å². The SMILES string of the molecule is C=C/C(N)=C(\NC(N)=NCc1cccc(F)c1)N(C(=C)c1ccccc1Cl)C1CCNCC1. The Morgan fingerprint density at radius 1 is 1.21 bits per heavy atom. The normalized spacial score (nSPS) is 15.5. The van der Waals surface area contributed by atoms with E-state index in [4.69, 9.17) is 23.1 Å². The van der Waals surface area contributed by atoms with Crippen LogP contribution in [0.1, 0.15) is 24.0 Å². The predicted molar refractivity (Wildman–Crippen MR) is 134 cm³/mol. The maximum Gasteiger partial charge on any atom is 0.194 e. The van der Waals surface area contributed by atoms with Gasteiger partial charge < -0.3 is 27.0 Å². The first kappa shape index (κ1) is 24.4. The zero-order valence-electron chi connectivity index (χ0n) is 18.5. The lowest BCUT2D eigenvalue weighted by Crippen LogP contribution is -2.47. The lowest BCUT2D eigenvalue weighted by atomic mass is 10.0. The van der Waals surface area contributed by atoms with Crippen LogP contribution in [0.4, 0.5) is 4.39 Å². The second-order valence-electron chi connectivity index (χ2n) is 7.74. The summed E-state index contributed by atoms with van der Waals surface area (Å²) in [5.74, 6) is 0.353. The highest BCUT2D eigenvalue weighted by atomic mass is 35.5. The molecule has 33 heavy (non-hydrogen) atoms. The van der Waals surface area contributed by atoms with Crippen molar-refractivity contribution in [2.24, 2.45) is 16.5 Å². The average molecular weight is 469 g/mol. The number of aliphatic imine (C=N–C) groups is 1. The van der Waals surface area contributed by atoms with E-state index in [1.165, 1.54) is 12.1 Å². The summed E-state index contributed by atoms with van der Waals surface area (Å²) in [4.78, 5) is 6.40. The van der Waals surface area contributed by atoms with E-state index >= 15 is 0 Å². The molecule has 6 nitrogen and oxygen atoms in total. The molecule has 1 saturated heterocycles. The molecular formula is C25H30ClFN6. The van der Waals surface area contributed by atoms with Gasteiger partial charge in [0.05, 0.1) is 12.2 Å². The van der Waals surface area contributed by atoms with E-state index < -0.39 is 0 Å². The summed E-state index contributed by atoms with van der Waals surface area (Å²) in [6.45, 7) is 10.1. The zero-order chi connectivity index (χ0) is 23.8. The van der Waals surface area contributed by atoms with Crippen molar-refractivity contribution in [1.82, 2.24) is 15.5 Å². The summed E-state index contributed by atoms with van der Waals surface area (Å²) in [5, 5.41) is 7.10. The van der Waals surface area contributed by atoms with Crippen LogP contribution in [0.3, 0.4) is 0 Å². The van der Waals surface area contributed by atoms with Gasteiger partial charge in [-0.1, -0.05) is 55.1 Å². The van der Waals surface area contributed by atoms with Crippen molar-refractivity contribution in [2.45, 2.75) is 25.4 Å². The molecule has 1 heterocycles. The largest absolute Gasteiger partial charge is 0.396 e. The number of allylic oxidation sites excluding steroid dienone is 1. The molecule has 0 atom stereocenters. The maximum absolute atomic E-state index is 13.5. The molecule has 0 bridgehead atoms. The van der Waals surface area contributed by atoms with Gasteiger partial charge >= 0.3 is 0 Å². The highest BCUT2D eigenvalue weighted by Crippen LogP contribution is 2.32. The number of nitrogens with zero attached hydrogens (tertiary/aromatic N) is 2. The quantitative estimate of drug-likeness (QED) is 0.268. The van der Waals surface area contributed by atoms with Gasteiger partial charge in [-0.25, -0.2) is 9.38 Å². The van der Waals surface area contributed by atoms with Gasteiger partial charge in [0.15, 0.2) is 5.96 Å². The Hall–Kier alpha value is -3.29. The molecule has 2 aromatic carbocycles. The topological polar surface area (TPSA) is 91.7 Å². The Morgan fingerprint density at radius 3 is 2.61 bits per heavy atom. The van der Waals surface area contributed by atoms with Gasteiger partial charge in [0, 0.05) is 22.3 Å². The van der Waals surface area contributed by atoms with Crippen molar-refractivity contribution in [3.05, 3.63) is 101 Å². The average Bonchev–Trinajstić information content (AvgIpc) is 2.82. The number of nitrogens with one attached hydrogen (secondary N) is 2. The van der Waals surface area contributed by atoms with Gasteiger partial charge in [0.25, 0.3) is 0 Å². The van der Waals surface area contributed by atoms with Crippen molar-refractivity contribution >= 4 is 23.3 Å². The van der Waals surface area contributed by atoms with E-state index in [-0.39, 0.29) is 24.4 Å². The maximum atomic E-state index is 13.5. The molecule has 174 valence electrons. The number of piperidine rings is 1. The molecule has 2 aromatic rings. The lowest BCUT2D eigenvalue weighted by molar-refractivity contribution is 0.274. The van der Waals surface area contributed by atoms with Crippen LogP contribution in [0.2, 0.25) is 5.02 Å². The van der Waals surface area contributed by atoms with E-state index in [1.54, 1.807) is 18.2 Å². The lowest BCUT2D eigenvalue weighted by Gasteiger charge is -2.39. The molecule has 3 rings (SSSR count). The number of benzene rings is 2.